The fourth-order valence-corrected chi connectivity index (χ4v) is 2.13. The molecule has 5 nitrogen and oxygen atoms in total. The summed E-state index contributed by atoms with van der Waals surface area (Å²) in [5, 5.41) is 6.79. The van der Waals surface area contributed by atoms with E-state index in [1.165, 1.54) is 0 Å². The Labute approximate surface area is 95.0 Å². The minimum absolute atomic E-state index is 0.0162. The van der Waals surface area contributed by atoms with Gasteiger partial charge in [-0.2, -0.15) is 5.10 Å². The molecule has 1 saturated heterocycles. The fraction of sp³-hybridized carbons (Fsp3) is 0.636. The van der Waals surface area contributed by atoms with Gasteiger partial charge in [0.25, 0.3) is 5.91 Å². The molecule has 5 heteroatoms. The number of aromatic nitrogens is 2. The first-order chi connectivity index (χ1) is 7.70. The molecule has 0 aromatic carbocycles. The van der Waals surface area contributed by atoms with Crippen LogP contribution in [-0.2, 0) is 0 Å². The van der Waals surface area contributed by atoms with Gasteiger partial charge in [0, 0.05) is 18.8 Å². The summed E-state index contributed by atoms with van der Waals surface area (Å²) in [6.07, 6.45) is 2.16. The molecule has 3 N–H and O–H groups in total. The zero-order valence-corrected chi connectivity index (χ0v) is 9.57. The average molecular weight is 222 g/mol. The minimum atomic E-state index is 0.0162. The highest BCUT2D eigenvalue weighted by molar-refractivity contribution is 5.92. The van der Waals surface area contributed by atoms with Crippen LogP contribution in [0.2, 0.25) is 0 Å². The molecule has 1 fully saturated rings. The number of aryl methyl sites for hydroxylation is 1. The van der Waals surface area contributed by atoms with E-state index in [-0.39, 0.29) is 5.91 Å². The topological polar surface area (TPSA) is 75.0 Å². The number of aromatic amines is 1. The Bertz CT molecular complexity index is 374. The van der Waals surface area contributed by atoms with E-state index in [0.29, 0.717) is 18.2 Å². The van der Waals surface area contributed by atoms with Crippen LogP contribution in [0.3, 0.4) is 0 Å². The zero-order valence-electron chi connectivity index (χ0n) is 9.57. The monoisotopic (exact) mass is 222 g/mol. The van der Waals surface area contributed by atoms with Gasteiger partial charge in [-0.25, -0.2) is 0 Å². The number of piperidine rings is 1. The van der Waals surface area contributed by atoms with Crippen molar-refractivity contribution in [2.24, 2.45) is 11.7 Å². The van der Waals surface area contributed by atoms with Crippen LogP contribution in [0.5, 0.6) is 0 Å². The van der Waals surface area contributed by atoms with Gasteiger partial charge in [0.2, 0.25) is 0 Å². The molecule has 1 unspecified atom stereocenters. The van der Waals surface area contributed by atoms with Crippen molar-refractivity contribution in [3.8, 4) is 0 Å². The molecule has 1 aromatic rings. The van der Waals surface area contributed by atoms with Gasteiger partial charge in [0.15, 0.2) is 0 Å². The Hall–Kier alpha value is -1.36. The van der Waals surface area contributed by atoms with Crippen LogP contribution < -0.4 is 5.73 Å². The number of carbonyl (C=O) groups is 1. The highest BCUT2D eigenvalue weighted by atomic mass is 16.2. The Morgan fingerprint density at radius 2 is 2.56 bits per heavy atom. The molecule has 16 heavy (non-hydrogen) atoms. The third-order valence-corrected chi connectivity index (χ3v) is 3.06. The van der Waals surface area contributed by atoms with Gasteiger partial charge < -0.3 is 10.6 Å². The Morgan fingerprint density at radius 1 is 1.75 bits per heavy atom. The van der Waals surface area contributed by atoms with Crippen molar-refractivity contribution in [3.05, 3.63) is 17.5 Å². The number of amides is 1. The van der Waals surface area contributed by atoms with Crippen molar-refractivity contribution < 1.29 is 4.79 Å². The molecule has 2 heterocycles. The summed E-state index contributed by atoms with van der Waals surface area (Å²) in [6, 6.07) is 1.79. The summed E-state index contributed by atoms with van der Waals surface area (Å²) in [7, 11) is 0. The molecule has 0 aliphatic carbocycles. The SMILES string of the molecule is Cc1cc(C(=O)N2CCCC(CN)C2)n[nH]1. The molecule has 1 atom stereocenters. The molecular weight excluding hydrogens is 204 g/mol. The van der Waals surface area contributed by atoms with Crippen molar-refractivity contribution in [2.75, 3.05) is 19.6 Å². The van der Waals surface area contributed by atoms with E-state index in [0.717, 1.165) is 31.6 Å². The van der Waals surface area contributed by atoms with Crippen molar-refractivity contribution in [1.82, 2.24) is 15.1 Å². The van der Waals surface area contributed by atoms with Crippen LogP contribution >= 0.6 is 0 Å². The van der Waals surface area contributed by atoms with Gasteiger partial charge in [0.1, 0.15) is 5.69 Å². The Morgan fingerprint density at radius 3 is 3.19 bits per heavy atom. The van der Waals surface area contributed by atoms with Crippen molar-refractivity contribution >= 4 is 5.91 Å². The normalized spacial score (nSPS) is 21.1. The van der Waals surface area contributed by atoms with E-state index >= 15 is 0 Å². The summed E-state index contributed by atoms with van der Waals surface area (Å²) in [5.41, 5.74) is 7.07. The van der Waals surface area contributed by atoms with Gasteiger partial charge in [-0.1, -0.05) is 0 Å². The van der Waals surface area contributed by atoms with Crippen LogP contribution in [0.4, 0.5) is 0 Å². The van der Waals surface area contributed by atoms with Gasteiger partial charge in [-0.3, -0.25) is 9.89 Å². The largest absolute Gasteiger partial charge is 0.337 e. The van der Waals surface area contributed by atoms with E-state index in [2.05, 4.69) is 10.2 Å². The molecule has 88 valence electrons. The summed E-state index contributed by atoms with van der Waals surface area (Å²) in [4.78, 5) is 13.9. The van der Waals surface area contributed by atoms with Crippen LogP contribution in [-0.4, -0.2) is 40.6 Å². The molecular formula is C11H18N4O. The highest BCUT2D eigenvalue weighted by Gasteiger charge is 2.24. The Kier molecular flexibility index (Phi) is 3.24. The molecule has 1 aliphatic heterocycles. The molecule has 1 aromatic heterocycles. The lowest BCUT2D eigenvalue weighted by molar-refractivity contribution is 0.0672. The van der Waals surface area contributed by atoms with Gasteiger partial charge in [0.05, 0.1) is 0 Å². The van der Waals surface area contributed by atoms with Crippen molar-refractivity contribution in [1.29, 1.82) is 0 Å². The molecule has 1 aliphatic rings. The van der Waals surface area contributed by atoms with E-state index in [4.69, 9.17) is 5.73 Å². The number of carbonyl (C=O) groups excluding carboxylic acids is 1. The predicted molar refractivity (Wildman–Crippen MR) is 61.0 cm³/mol. The molecule has 0 spiro atoms. The molecule has 2 rings (SSSR count). The third-order valence-electron chi connectivity index (χ3n) is 3.06. The van der Waals surface area contributed by atoms with Crippen LogP contribution in [0.15, 0.2) is 6.07 Å². The van der Waals surface area contributed by atoms with E-state index in [1.54, 1.807) is 6.07 Å². The van der Waals surface area contributed by atoms with Crippen LogP contribution in [0.1, 0.15) is 29.0 Å². The summed E-state index contributed by atoms with van der Waals surface area (Å²) < 4.78 is 0. The second-order valence-electron chi connectivity index (χ2n) is 4.43. The number of hydrogen-bond donors (Lipinski definition) is 2. The standard InChI is InChI=1S/C11H18N4O/c1-8-5-10(14-13-8)11(16)15-4-2-3-9(6-12)7-15/h5,9H,2-4,6-7,12H2,1H3,(H,13,14). The third kappa shape index (κ3) is 2.24. The smallest absolute Gasteiger partial charge is 0.274 e. The van der Waals surface area contributed by atoms with E-state index in [9.17, 15) is 4.79 Å². The maximum atomic E-state index is 12.1. The number of nitrogens with two attached hydrogens (primary N) is 1. The number of likely N-dealkylation sites (tertiary alicyclic amines) is 1. The maximum absolute atomic E-state index is 12.1. The molecule has 0 saturated carbocycles. The number of hydrogen-bond acceptors (Lipinski definition) is 3. The summed E-state index contributed by atoms with van der Waals surface area (Å²) in [6.45, 7) is 4.13. The van der Waals surface area contributed by atoms with Gasteiger partial charge in [-0.15, -0.1) is 0 Å². The van der Waals surface area contributed by atoms with Gasteiger partial charge in [-0.05, 0) is 38.3 Å². The average Bonchev–Trinajstić information content (AvgIpc) is 2.75. The Balaban J connectivity index is 2.04. The maximum Gasteiger partial charge on any atom is 0.274 e. The van der Waals surface area contributed by atoms with Crippen LogP contribution in [0.25, 0.3) is 0 Å². The number of nitrogens with one attached hydrogen (secondary N) is 1. The molecule has 1 amide bonds. The molecule has 0 bridgehead atoms. The number of H-pyrrole nitrogens is 1. The summed E-state index contributed by atoms with van der Waals surface area (Å²) in [5.74, 6) is 0.459. The van der Waals surface area contributed by atoms with E-state index < -0.39 is 0 Å². The zero-order chi connectivity index (χ0) is 11.5. The van der Waals surface area contributed by atoms with Crippen molar-refractivity contribution in [3.63, 3.8) is 0 Å². The lowest BCUT2D eigenvalue weighted by Gasteiger charge is -2.31. The second-order valence-corrected chi connectivity index (χ2v) is 4.43. The first-order valence-corrected chi connectivity index (χ1v) is 5.72. The first kappa shape index (κ1) is 11.1. The molecule has 0 radical (unpaired) electrons. The van der Waals surface area contributed by atoms with Crippen LogP contribution in [0, 0.1) is 12.8 Å². The summed E-state index contributed by atoms with van der Waals surface area (Å²) >= 11 is 0. The van der Waals surface area contributed by atoms with Crippen molar-refractivity contribution in [2.45, 2.75) is 19.8 Å². The lowest BCUT2D eigenvalue weighted by Crippen LogP contribution is -2.42. The quantitative estimate of drug-likeness (QED) is 0.766. The number of nitrogens with zero attached hydrogens (tertiary/aromatic N) is 2. The van der Waals surface area contributed by atoms with Gasteiger partial charge >= 0.3 is 0 Å². The fourth-order valence-electron chi connectivity index (χ4n) is 2.13. The first-order valence-electron chi connectivity index (χ1n) is 5.72. The highest BCUT2D eigenvalue weighted by Crippen LogP contribution is 2.17. The van der Waals surface area contributed by atoms with E-state index in [1.807, 2.05) is 11.8 Å². The second kappa shape index (κ2) is 4.65. The lowest BCUT2D eigenvalue weighted by atomic mass is 9.98. The minimum Gasteiger partial charge on any atom is -0.337 e. The predicted octanol–water partition coefficient (Wildman–Crippen LogP) is 0.529. The number of rotatable bonds is 2.